The number of carbonyl (C=O) groups excluding carboxylic acids is 1. The smallest absolute Gasteiger partial charge is 0.320 e. The van der Waals surface area contributed by atoms with Crippen LogP contribution in [0.5, 0.6) is 0 Å². The van der Waals surface area contributed by atoms with E-state index in [-0.39, 0.29) is 29.5 Å². The first kappa shape index (κ1) is 26.0. The van der Waals surface area contributed by atoms with Gasteiger partial charge in [-0.25, -0.2) is 0 Å². The Labute approximate surface area is 226 Å². The Bertz CT molecular complexity index is 1380. The summed E-state index contributed by atoms with van der Waals surface area (Å²) in [6, 6.07) is 10.6. The van der Waals surface area contributed by atoms with Crippen LogP contribution in [0.4, 0.5) is 18.9 Å². The van der Waals surface area contributed by atoms with E-state index >= 15 is 0 Å². The number of fused-ring (bicyclic) bond motifs is 1. The summed E-state index contributed by atoms with van der Waals surface area (Å²) in [6.07, 6.45) is 2.67. The number of hydrogen-bond donors (Lipinski definition) is 0. The van der Waals surface area contributed by atoms with Crippen molar-refractivity contribution in [3.05, 3.63) is 76.4 Å². The standard InChI is InChI=1S/C30H34F3N5O/c1-19-6-5-11-37(15-19)16-20-12-24-25(26(13-20)30(31,32)33)17-38(29(24)39)23-10-4-9-22(14-23)27(21-7-3-8-21)28-35-34-18-36(28)2/h4,9-10,12-14,18-19,21,27H,3,5-8,11,15-17H2,1-2H3/t19?,27-/m1/s1. The molecule has 2 atom stereocenters. The van der Waals surface area contributed by atoms with E-state index in [1.807, 2.05) is 35.9 Å². The maximum absolute atomic E-state index is 14.3. The highest BCUT2D eigenvalue weighted by Crippen LogP contribution is 2.44. The average Bonchev–Trinajstić information content (AvgIpc) is 3.43. The van der Waals surface area contributed by atoms with Gasteiger partial charge in [0.25, 0.3) is 5.91 Å². The Hall–Kier alpha value is -3.20. The van der Waals surface area contributed by atoms with Crippen LogP contribution in [0.15, 0.2) is 42.7 Å². The van der Waals surface area contributed by atoms with Gasteiger partial charge in [-0.05, 0) is 85.0 Å². The van der Waals surface area contributed by atoms with Crippen molar-refractivity contribution >= 4 is 11.6 Å². The highest BCUT2D eigenvalue weighted by molar-refractivity contribution is 6.10. The minimum absolute atomic E-state index is 0.0237. The molecule has 1 saturated heterocycles. The molecule has 2 aliphatic heterocycles. The zero-order valence-corrected chi connectivity index (χ0v) is 22.4. The molecule has 1 aliphatic carbocycles. The van der Waals surface area contributed by atoms with Gasteiger partial charge in [-0.2, -0.15) is 13.2 Å². The second kappa shape index (κ2) is 10.1. The van der Waals surface area contributed by atoms with E-state index in [4.69, 9.17) is 0 Å². The van der Waals surface area contributed by atoms with Gasteiger partial charge in [0.2, 0.25) is 0 Å². The molecule has 1 amide bonds. The van der Waals surface area contributed by atoms with Crippen LogP contribution >= 0.6 is 0 Å². The fourth-order valence-electron chi connectivity index (χ4n) is 6.57. The van der Waals surface area contributed by atoms with Gasteiger partial charge < -0.3 is 9.47 Å². The quantitative estimate of drug-likeness (QED) is 0.378. The molecule has 0 bridgehead atoms. The molecule has 0 N–H and O–H groups in total. The number of benzene rings is 2. The first-order valence-corrected chi connectivity index (χ1v) is 13.9. The summed E-state index contributed by atoms with van der Waals surface area (Å²) in [5, 5.41) is 8.45. The number of likely N-dealkylation sites (tertiary alicyclic amines) is 1. The number of halogens is 3. The molecule has 1 saturated carbocycles. The minimum Gasteiger partial charge on any atom is -0.320 e. The van der Waals surface area contributed by atoms with E-state index in [0.29, 0.717) is 29.6 Å². The first-order valence-electron chi connectivity index (χ1n) is 13.9. The van der Waals surface area contributed by atoms with Crippen molar-refractivity contribution in [3.63, 3.8) is 0 Å². The van der Waals surface area contributed by atoms with Crippen molar-refractivity contribution in [1.82, 2.24) is 19.7 Å². The van der Waals surface area contributed by atoms with E-state index < -0.39 is 11.7 Å². The van der Waals surface area contributed by atoms with Crippen LogP contribution < -0.4 is 4.90 Å². The molecule has 1 aromatic heterocycles. The van der Waals surface area contributed by atoms with Gasteiger partial charge in [0.1, 0.15) is 12.2 Å². The van der Waals surface area contributed by atoms with Crippen LogP contribution in [0.3, 0.4) is 0 Å². The fraction of sp³-hybridized carbons (Fsp3) is 0.500. The Morgan fingerprint density at radius 1 is 1.10 bits per heavy atom. The molecule has 2 fully saturated rings. The predicted molar refractivity (Wildman–Crippen MR) is 142 cm³/mol. The monoisotopic (exact) mass is 537 g/mol. The summed E-state index contributed by atoms with van der Waals surface area (Å²) < 4.78 is 44.7. The molecule has 39 heavy (non-hydrogen) atoms. The molecule has 2 aromatic carbocycles. The summed E-state index contributed by atoms with van der Waals surface area (Å²) >= 11 is 0. The normalized spacial score (nSPS) is 21.2. The van der Waals surface area contributed by atoms with Gasteiger partial charge >= 0.3 is 6.18 Å². The van der Waals surface area contributed by atoms with E-state index in [2.05, 4.69) is 22.0 Å². The van der Waals surface area contributed by atoms with Gasteiger partial charge in [-0.3, -0.25) is 9.69 Å². The van der Waals surface area contributed by atoms with Gasteiger partial charge in [0.15, 0.2) is 0 Å². The summed E-state index contributed by atoms with van der Waals surface area (Å²) in [5.41, 5.74) is 1.70. The van der Waals surface area contributed by atoms with Gasteiger partial charge in [0, 0.05) is 37.3 Å². The predicted octanol–water partition coefficient (Wildman–Crippen LogP) is 6.16. The topological polar surface area (TPSA) is 54.3 Å². The lowest BCUT2D eigenvalue weighted by Crippen LogP contribution is -2.33. The first-order chi connectivity index (χ1) is 18.7. The van der Waals surface area contributed by atoms with Crippen LogP contribution in [-0.4, -0.2) is 38.7 Å². The summed E-state index contributed by atoms with van der Waals surface area (Å²) in [5.74, 6) is 1.45. The highest BCUT2D eigenvalue weighted by Gasteiger charge is 2.41. The van der Waals surface area contributed by atoms with Crippen molar-refractivity contribution in [1.29, 1.82) is 0 Å². The summed E-state index contributed by atoms with van der Waals surface area (Å²) in [4.78, 5) is 17.3. The van der Waals surface area contributed by atoms with Crippen molar-refractivity contribution in [3.8, 4) is 0 Å². The average molecular weight is 538 g/mol. The van der Waals surface area contributed by atoms with Crippen LogP contribution in [0.2, 0.25) is 0 Å². The van der Waals surface area contributed by atoms with E-state index in [0.717, 1.165) is 56.6 Å². The molecule has 6 rings (SSSR count). The molecular weight excluding hydrogens is 503 g/mol. The molecule has 9 heteroatoms. The lowest BCUT2D eigenvalue weighted by Gasteiger charge is -2.33. The SMILES string of the molecule is CC1CCCN(Cc2cc3c(c(C(F)(F)F)c2)CN(c2cccc([C@H](c4nncn4C)C4CCC4)c2)C3=O)C1. The molecule has 1 unspecified atom stereocenters. The van der Waals surface area contributed by atoms with Crippen LogP contribution in [0.25, 0.3) is 0 Å². The van der Waals surface area contributed by atoms with Crippen LogP contribution in [0, 0.1) is 11.8 Å². The zero-order chi connectivity index (χ0) is 27.3. The van der Waals surface area contributed by atoms with Crippen molar-refractivity contribution in [2.75, 3.05) is 18.0 Å². The Kier molecular flexibility index (Phi) is 6.73. The molecule has 6 nitrogen and oxygen atoms in total. The number of rotatable bonds is 6. The molecular formula is C30H34F3N5O. The maximum Gasteiger partial charge on any atom is 0.416 e. The summed E-state index contributed by atoms with van der Waals surface area (Å²) in [7, 11) is 1.92. The molecule has 0 radical (unpaired) electrons. The minimum atomic E-state index is -4.53. The molecule has 3 aliphatic rings. The molecule has 0 spiro atoms. The molecule has 3 heterocycles. The third-order valence-electron chi connectivity index (χ3n) is 8.74. The van der Waals surface area contributed by atoms with Gasteiger partial charge in [-0.1, -0.05) is 25.5 Å². The lowest BCUT2D eigenvalue weighted by atomic mass is 9.72. The number of carbonyl (C=O) groups is 1. The van der Waals surface area contributed by atoms with E-state index in [9.17, 15) is 18.0 Å². The zero-order valence-electron chi connectivity index (χ0n) is 22.4. The highest BCUT2D eigenvalue weighted by atomic mass is 19.4. The number of anilines is 1. The number of nitrogens with zero attached hydrogens (tertiary/aromatic N) is 5. The van der Waals surface area contributed by atoms with Crippen LogP contribution in [0.1, 0.15) is 83.4 Å². The van der Waals surface area contributed by atoms with E-state index in [1.165, 1.54) is 11.0 Å². The number of hydrogen-bond acceptors (Lipinski definition) is 4. The summed E-state index contributed by atoms with van der Waals surface area (Å²) in [6.45, 7) is 4.23. The number of amides is 1. The van der Waals surface area contributed by atoms with Crippen LogP contribution in [-0.2, 0) is 26.3 Å². The number of alkyl halides is 3. The van der Waals surface area contributed by atoms with Crippen molar-refractivity contribution in [2.24, 2.45) is 18.9 Å². The molecule has 206 valence electrons. The number of aromatic nitrogens is 3. The number of piperidine rings is 1. The largest absolute Gasteiger partial charge is 0.416 e. The third kappa shape index (κ3) is 4.97. The van der Waals surface area contributed by atoms with Crippen molar-refractivity contribution < 1.29 is 18.0 Å². The molecule has 3 aromatic rings. The maximum atomic E-state index is 14.3. The Morgan fingerprint density at radius 3 is 2.59 bits per heavy atom. The lowest BCUT2D eigenvalue weighted by molar-refractivity contribution is -0.138. The Morgan fingerprint density at radius 2 is 1.92 bits per heavy atom. The van der Waals surface area contributed by atoms with E-state index in [1.54, 1.807) is 12.4 Å². The fourth-order valence-corrected chi connectivity index (χ4v) is 6.57. The second-order valence-electron chi connectivity index (χ2n) is 11.6. The van der Waals surface area contributed by atoms with Gasteiger partial charge in [0.05, 0.1) is 12.1 Å². The Balaban J connectivity index is 1.33. The second-order valence-corrected chi connectivity index (χ2v) is 11.6. The van der Waals surface area contributed by atoms with Crippen molar-refractivity contribution in [2.45, 2.75) is 64.2 Å². The van der Waals surface area contributed by atoms with Gasteiger partial charge in [-0.15, -0.1) is 10.2 Å². The third-order valence-corrected chi connectivity index (χ3v) is 8.74. The number of aryl methyl sites for hydroxylation is 1.